The van der Waals surface area contributed by atoms with Crippen molar-refractivity contribution in [2.24, 2.45) is 0 Å². The molecule has 0 spiro atoms. The van der Waals surface area contributed by atoms with Crippen molar-refractivity contribution in [1.29, 1.82) is 0 Å². The molecule has 2 N–H and O–H groups in total. The second-order valence-electron chi connectivity index (χ2n) is 5.94. The molecule has 0 unspecified atom stereocenters. The normalized spacial score (nSPS) is 10.8. The van der Waals surface area contributed by atoms with Crippen LogP contribution in [-0.2, 0) is 6.54 Å². The largest absolute Gasteiger partial charge is 0.467 e. The molecule has 0 aliphatic carbocycles. The first kappa shape index (κ1) is 17.5. The minimum atomic E-state index is -0.628. The Bertz CT molecular complexity index is 1150. The number of rotatable bonds is 5. The number of pyridine rings is 1. The van der Waals surface area contributed by atoms with E-state index in [1.807, 2.05) is 0 Å². The summed E-state index contributed by atoms with van der Waals surface area (Å²) in [5, 5.41) is 5.19. The molecule has 0 saturated carbocycles. The van der Waals surface area contributed by atoms with E-state index in [0.29, 0.717) is 11.3 Å². The maximum absolute atomic E-state index is 13.8. The molecule has 0 atom stereocenters. The number of imidazole rings is 1. The molecule has 0 aliphatic heterocycles. The van der Waals surface area contributed by atoms with Gasteiger partial charge in [0.2, 0.25) is 5.82 Å². The predicted octanol–water partition coefficient (Wildman–Crippen LogP) is 3.25. The van der Waals surface area contributed by atoms with Crippen LogP contribution in [0.4, 0.5) is 10.1 Å². The number of carbonyl (C=O) groups is 2. The number of halogens is 1. The van der Waals surface area contributed by atoms with E-state index in [1.165, 1.54) is 28.9 Å². The van der Waals surface area contributed by atoms with Gasteiger partial charge in [0.15, 0.2) is 5.69 Å². The molecular formula is C20H15FN4O3. The number of hydrogen-bond acceptors (Lipinski definition) is 4. The quantitative estimate of drug-likeness (QED) is 0.558. The number of fused-ring (bicyclic) bond motifs is 1. The fourth-order valence-electron chi connectivity index (χ4n) is 2.77. The summed E-state index contributed by atoms with van der Waals surface area (Å²) < 4.78 is 20.5. The summed E-state index contributed by atoms with van der Waals surface area (Å²) in [7, 11) is 0. The van der Waals surface area contributed by atoms with Crippen LogP contribution in [0.1, 0.15) is 26.9 Å². The molecule has 2 amide bonds. The third-order valence-corrected chi connectivity index (χ3v) is 4.09. The highest BCUT2D eigenvalue weighted by atomic mass is 19.1. The second kappa shape index (κ2) is 7.36. The van der Waals surface area contributed by atoms with Crippen LogP contribution in [0.15, 0.2) is 71.5 Å². The summed E-state index contributed by atoms with van der Waals surface area (Å²) in [5.74, 6) is -1.08. The fourth-order valence-corrected chi connectivity index (χ4v) is 2.77. The topological polar surface area (TPSA) is 88.6 Å². The Balaban J connectivity index is 1.63. The first-order chi connectivity index (χ1) is 13.6. The summed E-state index contributed by atoms with van der Waals surface area (Å²) in [5.41, 5.74) is 0.577. The number of furan rings is 1. The van der Waals surface area contributed by atoms with Gasteiger partial charge in [-0.05, 0) is 36.4 Å². The number of amides is 2. The number of nitrogens with zero attached hydrogens (tertiary/aromatic N) is 2. The molecule has 0 aliphatic rings. The number of aromatic nitrogens is 2. The standard InChI is InChI=1S/C20H15FN4O3/c21-14-7-1-2-8-15(14)23-20(27)18-24-17(16-9-3-4-10-25(16)18)19(26)22-12-13-6-5-11-28-13/h1-11H,12H2,(H,22,26)(H,23,27). The lowest BCUT2D eigenvalue weighted by atomic mass is 10.3. The zero-order valence-electron chi connectivity index (χ0n) is 14.6. The molecule has 4 aromatic rings. The minimum absolute atomic E-state index is 0.0259. The van der Waals surface area contributed by atoms with E-state index in [4.69, 9.17) is 4.42 Å². The number of hydrogen-bond donors (Lipinski definition) is 2. The molecule has 8 heteroatoms. The summed E-state index contributed by atoms with van der Waals surface area (Å²) in [4.78, 5) is 29.4. The Morgan fingerprint density at radius 2 is 1.86 bits per heavy atom. The van der Waals surface area contributed by atoms with Gasteiger partial charge in [0.1, 0.15) is 11.6 Å². The Morgan fingerprint density at radius 3 is 2.64 bits per heavy atom. The van der Waals surface area contributed by atoms with Crippen LogP contribution in [0.3, 0.4) is 0 Å². The van der Waals surface area contributed by atoms with Gasteiger partial charge in [0.25, 0.3) is 11.8 Å². The zero-order chi connectivity index (χ0) is 19.5. The number of carbonyl (C=O) groups excluding carboxylic acids is 2. The van der Waals surface area contributed by atoms with E-state index in [0.717, 1.165) is 0 Å². The third-order valence-electron chi connectivity index (χ3n) is 4.09. The average Bonchev–Trinajstić information content (AvgIpc) is 3.36. The van der Waals surface area contributed by atoms with Gasteiger partial charge >= 0.3 is 0 Å². The molecule has 7 nitrogen and oxygen atoms in total. The van der Waals surface area contributed by atoms with Crippen molar-refractivity contribution >= 4 is 23.0 Å². The van der Waals surface area contributed by atoms with Crippen LogP contribution in [0, 0.1) is 5.82 Å². The Hall–Kier alpha value is -3.94. The van der Waals surface area contributed by atoms with Crippen LogP contribution >= 0.6 is 0 Å². The molecular weight excluding hydrogens is 363 g/mol. The van der Waals surface area contributed by atoms with E-state index < -0.39 is 17.6 Å². The van der Waals surface area contributed by atoms with Crippen LogP contribution in [0.5, 0.6) is 0 Å². The molecule has 0 radical (unpaired) electrons. The smallest absolute Gasteiger partial charge is 0.292 e. The van der Waals surface area contributed by atoms with Crippen molar-refractivity contribution in [3.8, 4) is 0 Å². The summed E-state index contributed by atoms with van der Waals surface area (Å²) in [6.45, 7) is 0.189. The van der Waals surface area contributed by atoms with Crippen LogP contribution in [0.25, 0.3) is 5.52 Å². The van der Waals surface area contributed by atoms with E-state index >= 15 is 0 Å². The highest BCUT2D eigenvalue weighted by molar-refractivity contribution is 6.06. The molecule has 28 heavy (non-hydrogen) atoms. The van der Waals surface area contributed by atoms with Crippen molar-refractivity contribution in [3.05, 3.63) is 90.2 Å². The first-order valence-corrected chi connectivity index (χ1v) is 8.47. The van der Waals surface area contributed by atoms with Gasteiger partial charge in [-0.3, -0.25) is 14.0 Å². The zero-order valence-corrected chi connectivity index (χ0v) is 14.6. The molecule has 140 valence electrons. The predicted molar refractivity (Wildman–Crippen MR) is 99.4 cm³/mol. The van der Waals surface area contributed by atoms with E-state index in [2.05, 4.69) is 15.6 Å². The summed E-state index contributed by atoms with van der Waals surface area (Å²) in [6.07, 6.45) is 3.13. The minimum Gasteiger partial charge on any atom is -0.467 e. The molecule has 1 aromatic carbocycles. The van der Waals surface area contributed by atoms with Gasteiger partial charge in [-0.15, -0.1) is 0 Å². The monoisotopic (exact) mass is 378 g/mol. The Labute approximate surface area is 158 Å². The van der Waals surface area contributed by atoms with Gasteiger partial charge < -0.3 is 15.1 Å². The lowest BCUT2D eigenvalue weighted by Gasteiger charge is -2.05. The number of benzene rings is 1. The van der Waals surface area contributed by atoms with Crippen molar-refractivity contribution in [2.45, 2.75) is 6.54 Å². The van der Waals surface area contributed by atoms with Crippen molar-refractivity contribution in [1.82, 2.24) is 14.7 Å². The van der Waals surface area contributed by atoms with Crippen LogP contribution in [0.2, 0.25) is 0 Å². The maximum Gasteiger partial charge on any atom is 0.292 e. The molecule has 0 saturated heterocycles. The van der Waals surface area contributed by atoms with Crippen molar-refractivity contribution in [3.63, 3.8) is 0 Å². The van der Waals surface area contributed by atoms with Crippen LogP contribution < -0.4 is 10.6 Å². The van der Waals surface area contributed by atoms with Crippen LogP contribution in [-0.4, -0.2) is 21.2 Å². The lowest BCUT2D eigenvalue weighted by Crippen LogP contribution is -2.23. The van der Waals surface area contributed by atoms with E-state index in [-0.39, 0.29) is 23.8 Å². The third kappa shape index (κ3) is 3.35. The SMILES string of the molecule is O=C(NCc1ccco1)c1nc(C(=O)Nc2ccccc2F)n2ccccc12. The van der Waals surface area contributed by atoms with Gasteiger partial charge in [0.05, 0.1) is 24.0 Å². The molecule has 3 aromatic heterocycles. The van der Waals surface area contributed by atoms with Gasteiger partial charge in [-0.1, -0.05) is 18.2 Å². The van der Waals surface area contributed by atoms with Gasteiger partial charge in [-0.2, -0.15) is 0 Å². The summed E-state index contributed by atoms with van der Waals surface area (Å²) in [6, 6.07) is 14.4. The summed E-state index contributed by atoms with van der Waals surface area (Å²) >= 11 is 0. The van der Waals surface area contributed by atoms with E-state index in [1.54, 1.807) is 42.6 Å². The lowest BCUT2D eigenvalue weighted by molar-refractivity contribution is 0.0945. The van der Waals surface area contributed by atoms with E-state index in [9.17, 15) is 14.0 Å². The van der Waals surface area contributed by atoms with Crippen molar-refractivity contribution < 1.29 is 18.4 Å². The van der Waals surface area contributed by atoms with Gasteiger partial charge in [-0.25, -0.2) is 9.37 Å². The highest BCUT2D eigenvalue weighted by Crippen LogP contribution is 2.17. The molecule has 0 fully saturated rings. The number of para-hydroxylation sites is 1. The maximum atomic E-state index is 13.8. The average molecular weight is 378 g/mol. The number of nitrogens with one attached hydrogen (secondary N) is 2. The Kier molecular flexibility index (Phi) is 4.59. The molecule has 4 rings (SSSR count). The first-order valence-electron chi connectivity index (χ1n) is 8.47. The number of anilines is 1. The van der Waals surface area contributed by atoms with Crippen molar-refractivity contribution in [2.75, 3.05) is 5.32 Å². The fraction of sp³-hybridized carbons (Fsp3) is 0.0500. The van der Waals surface area contributed by atoms with Gasteiger partial charge in [0, 0.05) is 6.20 Å². The second-order valence-corrected chi connectivity index (χ2v) is 5.94. The Morgan fingerprint density at radius 1 is 1.04 bits per heavy atom. The highest BCUT2D eigenvalue weighted by Gasteiger charge is 2.22. The molecule has 0 bridgehead atoms. The molecule has 3 heterocycles.